The topological polar surface area (TPSA) is 63.1 Å². The van der Waals surface area contributed by atoms with Crippen LogP contribution in [0, 0.1) is 13.8 Å². The summed E-state index contributed by atoms with van der Waals surface area (Å²) < 4.78 is 2.95. The predicted octanol–water partition coefficient (Wildman–Crippen LogP) is 4.54. The molecule has 0 atom stereocenters. The number of allylic oxidation sites excluding steroid dienone is 1. The zero-order valence-electron chi connectivity index (χ0n) is 17.9. The van der Waals surface area contributed by atoms with E-state index in [9.17, 15) is 4.79 Å². The van der Waals surface area contributed by atoms with Crippen LogP contribution < -0.4 is 10.2 Å². The van der Waals surface area contributed by atoms with Crippen molar-refractivity contribution in [2.45, 2.75) is 46.0 Å². The Labute approximate surface area is 181 Å². The fourth-order valence-electron chi connectivity index (χ4n) is 3.86. The molecule has 4 rings (SSSR count). The zero-order valence-corrected chi connectivity index (χ0v) is 18.8. The molecule has 0 fully saturated rings. The van der Waals surface area contributed by atoms with E-state index in [1.165, 1.54) is 36.8 Å². The number of likely N-dealkylation sites (N-methyl/N-ethyl adjacent to an activating group) is 1. The van der Waals surface area contributed by atoms with E-state index in [1.54, 1.807) is 11.3 Å². The highest BCUT2D eigenvalue weighted by Crippen LogP contribution is 2.32. The maximum atomic E-state index is 12.4. The summed E-state index contributed by atoms with van der Waals surface area (Å²) in [4.78, 5) is 19.1. The van der Waals surface area contributed by atoms with Gasteiger partial charge in [0.15, 0.2) is 10.8 Å². The lowest BCUT2D eigenvalue weighted by Gasteiger charge is -2.16. The number of aromatic nitrogens is 3. The van der Waals surface area contributed by atoms with Crippen LogP contribution in [0.4, 0.5) is 5.13 Å². The Morgan fingerprint density at radius 1 is 1.30 bits per heavy atom. The Kier molecular flexibility index (Phi) is 6.18. The number of aryl methyl sites for hydroxylation is 2. The van der Waals surface area contributed by atoms with Gasteiger partial charge in [-0.25, -0.2) is 4.68 Å². The molecule has 1 amide bonds. The van der Waals surface area contributed by atoms with E-state index >= 15 is 0 Å². The van der Waals surface area contributed by atoms with Gasteiger partial charge >= 0.3 is 0 Å². The van der Waals surface area contributed by atoms with Crippen molar-refractivity contribution in [3.63, 3.8) is 0 Å². The van der Waals surface area contributed by atoms with Crippen molar-refractivity contribution >= 4 is 32.7 Å². The fourth-order valence-corrected chi connectivity index (χ4v) is 4.81. The van der Waals surface area contributed by atoms with Gasteiger partial charge in [0, 0.05) is 13.6 Å². The lowest BCUT2D eigenvalue weighted by molar-refractivity contribution is -0.119. The zero-order chi connectivity index (χ0) is 21.1. The summed E-state index contributed by atoms with van der Waals surface area (Å²) in [7, 11) is 1.92. The van der Waals surface area contributed by atoms with Crippen LogP contribution in [0.25, 0.3) is 16.0 Å². The van der Waals surface area contributed by atoms with E-state index in [4.69, 9.17) is 4.98 Å². The first-order valence-electron chi connectivity index (χ1n) is 10.6. The molecule has 1 aliphatic carbocycles. The molecule has 1 aliphatic rings. The largest absolute Gasteiger partial charge is 0.354 e. The summed E-state index contributed by atoms with van der Waals surface area (Å²) in [5.41, 5.74) is 5.46. The summed E-state index contributed by atoms with van der Waals surface area (Å²) in [6.07, 6.45) is 8.23. The van der Waals surface area contributed by atoms with Crippen molar-refractivity contribution in [1.82, 2.24) is 20.1 Å². The van der Waals surface area contributed by atoms with Crippen LogP contribution in [0.3, 0.4) is 0 Å². The minimum atomic E-state index is 0.0326. The van der Waals surface area contributed by atoms with Crippen molar-refractivity contribution in [2.75, 3.05) is 25.0 Å². The van der Waals surface area contributed by atoms with Crippen LogP contribution >= 0.6 is 11.3 Å². The number of carbonyl (C=O) groups is 1. The van der Waals surface area contributed by atoms with Crippen molar-refractivity contribution in [3.05, 3.63) is 47.2 Å². The second-order valence-corrected chi connectivity index (χ2v) is 9.03. The third-order valence-corrected chi connectivity index (χ3v) is 6.75. The number of hydrogen-bond donors (Lipinski definition) is 1. The minimum Gasteiger partial charge on any atom is -0.354 e. The van der Waals surface area contributed by atoms with Crippen molar-refractivity contribution in [2.24, 2.45) is 0 Å². The number of benzene rings is 1. The number of rotatable bonds is 7. The van der Waals surface area contributed by atoms with Crippen LogP contribution in [0.1, 0.15) is 43.4 Å². The van der Waals surface area contributed by atoms with Gasteiger partial charge in [-0.3, -0.25) is 4.79 Å². The molecule has 158 valence electrons. The van der Waals surface area contributed by atoms with Gasteiger partial charge in [0.1, 0.15) is 0 Å². The van der Waals surface area contributed by atoms with Crippen LogP contribution in [-0.4, -0.2) is 40.8 Å². The van der Waals surface area contributed by atoms with Gasteiger partial charge in [0.25, 0.3) is 0 Å². The number of thiazole rings is 1. The van der Waals surface area contributed by atoms with E-state index in [0.717, 1.165) is 33.3 Å². The maximum Gasteiger partial charge on any atom is 0.239 e. The third kappa shape index (κ3) is 4.56. The number of carbonyl (C=O) groups excluding carboxylic acids is 1. The quantitative estimate of drug-likeness (QED) is 0.567. The molecule has 7 heteroatoms. The average Bonchev–Trinajstić information content (AvgIpc) is 3.30. The van der Waals surface area contributed by atoms with E-state index in [2.05, 4.69) is 35.5 Å². The first-order chi connectivity index (χ1) is 14.5. The number of nitrogens with one attached hydrogen (secondary N) is 1. The molecule has 2 heterocycles. The number of anilines is 1. The second kappa shape index (κ2) is 9.00. The molecule has 0 radical (unpaired) electrons. The maximum absolute atomic E-state index is 12.4. The Bertz CT molecular complexity index is 1080. The lowest BCUT2D eigenvalue weighted by atomic mass is 9.97. The van der Waals surface area contributed by atoms with Crippen LogP contribution in [0.5, 0.6) is 0 Å². The molecule has 0 spiro atoms. The summed E-state index contributed by atoms with van der Waals surface area (Å²) in [6, 6.07) is 8.24. The van der Waals surface area contributed by atoms with E-state index in [0.29, 0.717) is 13.1 Å². The Balaban J connectivity index is 1.42. The number of amides is 1. The molecule has 3 aromatic rings. The molecule has 1 N–H and O–H groups in total. The first-order valence-corrected chi connectivity index (χ1v) is 11.4. The van der Waals surface area contributed by atoms with Crippen molar-refractivity contribution in [3.8, 4) is 5.69 Å². The molecular weight excluding hydrogens is 394 g/mol. The standard InChI is InChI=1S/C23H29N5OS/c1-16-8-7-11-19(14-16)28-22-21(17(2)26-28)30-23(25-22)27(3)15-20(29)24-13-12-18-9-5-4-6-10-18/h7-9,11,14H,4-6,10,12-13,15H2,1-3H3,(H,24,29). The first kappa shape index (κ1) is 20.6. The molecule has 30 heavy (non-hydrogen) atoms. The molecule has 0 saturated heterocycles. The number of fused-ring (bicyclic) bond motifs is 1. The molecule has 0 saturated carbocycles. The molecular formula is C23H29N5OS. The molecule has 6 nitrogen and oxygen atoms in total. The van der Waals surface area contributed by atoms with Gasteiger partial charge in [-0.1, -0.05) is 35.1 Å². The monoisotopic (exact) mass is 423 g/mol. The van der Waals surface area contributed by atoms with E-state index in [1.807, 2.05) is 35.7 Å². The minimum absolute atomic E-state index is 0.0326. The summed E-state index contributed by atoms with van der Waals surface area (Å²) >= 11 is 1.58. The van der Waals surface area contributed by atoms with Crippen LogP contribution in [0.15, 0.2) is 35.9 Å². The van der Waals surface area contributed by atoms with Gasteiger partial charge in [-0.2, -0.15) is 10.1 Å². The van der Waals surface area contributed by atoms with Crippen LogP contribution in [0.2, 0.25) is 0 Å². The number of hydrogen-bond acceptors (Lipinski definition) is 5. The third-order valence-electron chi connectivity index (χ3n) is 5.48. The van der Waals surface area contributed by atoms with Gasteiger partial charge in [-0.15, -0.1) is 0 Å². The summed E-state index contributed by atoms with van der Waals surface area (Å²) in [5.74, 6) is 0.0326. The SMILES string of the molecule is Cc1cccc(-n2nc(C)c3sc(N(C)CC(=O)NCCC4=CCCCC4)nc32)c1. The number of nitrogens with zero attached hydrogens (tertiary/aromatic N) is 4. The van der Waals surface area contributed by atoms with Gasteiger partial charge < -0.3 is 10.2 Å². The van der Waals surface area contributed by atoms with Crippen LogP contribution in [-0.2, 0) is 4.79 Å². The summed E-state index contributed by atoms with van der Waals surface area (Å²) in [5, 5.41) is 8.55. The van der Waals surface area contributed by atoms with Gasteiger partial charge in [-0.05, 0) is 63.6 Å². The highest BCUT2D eigenvalue weighted by molar-refractivity contribution is 7.22. The molecule has 1 aromatic carbocycles. The lowest BCUT2D eigenvalue weighted by Crippen LogP contribution is -2.35. The highest BCUT2D eigenvalue weighted by Gasteiger charge is 2.18. The molecule has 0 aliphatic heterocycles. The predicted molar refractivity (Wildman–Crippen MR) is 124 cm³/mol. The fraction of sp³-hybridized carbons (Fsp3) is 0.435. The van der Waals surface area contributed by atoms with Crippen molar-refractivity contribution in [1.29, 1.82) is 0 Å². The molecule has 2 aromatic heterocycles. The second-order valence-electron chi connectivity index (χ2n) is 8.05. The summed E-state index contributed by atoms with van der Waals surface area (Å²) in [6.45, 7) is 5.08. The Morgan fingerprint density at radius 3 is 2.93 bits per heavy atom. The van der Waals surface area contributed by atoms with E-state index < -0.39 is 0 Å². The van der Waals surface area contributed by atoms with E-state index in [-0.39, 0.29) is 5.91 Å². The smallest absolute Gasteiger partial charge is 0.239 e. The Hall–Kier alpha value is -2.67. The average molecular weight is 424 g/mol. The Morgan fingerprint density at radius 2 is 2.17 bits per heavy atom. The van der Waals surface area contributed by atoms with Gasteiger partial charge in [0.2, 0.25) is 5.91 Å². The van der Waals surface area contributed by atoms with Gasteiger partial charge in [0.05, 0.1) is 22.6 Å². The molecule has 0 unspecified atom stereocenters. The normalized spacial score (nSPS) is 14.0. The van der Waals surface area contributed by atoms with Crippen molar-refractivity contribution < 1.29 is 4.79 Å². The highest BCUT2D eigenvalue weighted by atomic mass is 32.1. The molecule has 0 bridgehead atoms.